The van der Waals surface area contributed by atoms with Gasteiger partial charge in [0.05, 0.1) is 9.79 Å². The molecule has 0 aliphatic heterocycles. The van der Waals surface area contributed by atoms with Crippen molar-refractivity contribution < 1.29 is 26.4 Å². The van der Waals surface area contributed by atoms with E-state index >= 15 is 0 Å². The quantitative estimate of drug-likeness (QED) is 0.429. The van der Waals surface area contributed by atoms with Crippen LogP contribution in [0.3, 0.4) is 0 Å². The van der Waals surface area contributed by atoms with Crippen molar-refractivity contribution in [3.63, 3.8) is 0 Å². The van der Waals surface area contributed by atoms with Crippen molar-refractivity contribution in [2.45, 2.75) is 9.79 Å². The van der Waals surface area contributed by atoms with Crippen LogP contribution < -0.4 is 20.1 Å². The van der Waals surface area contributed by atoms with Gasteiger partial charge in [0.2, 0.25) is 0 Å². The molecule has 0 radical (unpaired) electrons. The second kappa shape index (κ2) is 9.98. The molecule has 0 bridgehead atoms. The van der Waals surface area contributed by atoms with Crippen molar-refractivity contribution in [2.75, 3.05) is 13.1 Å². The number of hydrogen-bond donors (Lipinski definition) is 4. The maximum Gasteiger partial charge on any atom is 0.328 e. The van der Waals surface area contributed by atoms with Crippen LogP contribution in [0.25, 0.3) is 0 Å². The minimum absolute atomic E-state index is 0.179. The van der Waals surface area contributed by atoms with Crippen molar-refractivity contribution in [2.24, 2.45) is 0 Å². The van der Waals surface area contributed by atoms with Crippen LogP contribution in [0.1, 0.15) is 0 Å². The zero-order valence-corrected chi connectivity index (χ0v) is 18.2. The van der Waals surface area contributed by atoms with Crippen LogP contribution in [0.4, 0.5) is 9.59 Å². The molecule has 0 unspecified atom stereocenters. The van der Waals surface area contributed by atoms with E-state index in [9.17, 15) is 26.4 Å². The van der Waals surface area contributed by atoms with E-state index in [0.29, 0.717) is 0 Å². The van der Waals surface area contributed by atoms with E-state index in [0.717, 1.165) is 0 Å². The average Bonchev–Trinajstić information content (AvgIpc) is 2.64. The van der Waals surface area contributed by atoms with Crippen LogP contribution >= 0.6 is 23.2 Å². The molecule has 10 nitrogen and oxygen atoms in total. The lowest BCUT2D eigenvalue weighted by molar-refractivity contribution is 0.241. The van der Waals surface area contributed by atoms with E-state index < -0.39 is 32.1 Å². The van der Waals surface area contributed by atoms with Gasteiger partial charge >= 0.3 is 12.1 Å². The summed E-state index contributed by atoms with van der Waals surface area (Å²) in [7, 11) is -8.26. The molecule has 4 amide bonds. The number of hydrogen-bond acceptors (Lipinski definition) is 6. The van der Waals surface area contributed by atoms with E-state index in [1.807, 2.05) is 0 Å². The third-order valence-corrected chi connectivity index (χ3v) is 6.49. The molecule has 0 saturated carbocycles. The van der Waals surface area contributed by atoms with Gasteiger partial charge in [-0.1, -0.05) is 35.3 Å². The molecule has 2 rings (SSSR count). The number of amides is 4. The van der Waals surface area contributed by atoms with Crippen LogP contribution in [-0.4, -0.2) is 42.0 Å². The summed E-state index contributed by atoms with van der Waals surface area (Å²) in [6, 6.07) is 8.55. The van der Waals surface area contributed by atoms with Gasteiger partial charge in [-0.25, -0.2) is 35.9 Å². The monoisotopic (exact) mass is 494 g/mol. The van der Waals surface area contributed by atoms with Crippen molar-refractivity contribution in [1.82, 2.24) is 20.1 Å². The Morgan fingerprint density at radius 2 is 1.07 bits per heavy atom. The summed E-state index contributed by atoms with van der Waals surface area (Å²) in [4.78, 5) is 23.1. The average molecular weight is 495 g/mol. The lowest BCUT2D eigenvalue weighted by atomic mass is 10.4. The fourth-order valence-electron chi connectivity index (χ4n) is 2.05. The van der Waals surface area contributed by atoms with Gasteiger partial charge in [-0.15, -0.1) is 0 Å². The zero-order chi connectivity index (χ0) is 22.4. The molecule has 0 atom stereocenters. The highest BCUT2D eigenvalue weighted by molar-refractivity contribution is 7.90. The molecule has 0 aliphatic rings. The highest BCUT2D eigenvalue weighted by Crippen LogP contribution is 2.15. The third kappa shape index (κ3) is 7.06. The molecule has 14 heteroatoms. The lowest BCUT2D eigenvalue weighted by Gasteiger charge is -2.11. The van der Waals surface area contributed by atoms with Gasteiger partial charge in [0.1, 0.15) is 0 Å². The lowest BCUT2D eigenvalue weighted by Crippen LogP contribution is -2.45. The minimum Gasteiger partial charge on any atom is -0.336 e. The van der Waals surface area contributed by atoms with Crippen LogP contribution in [0, 0.1) is 0 Å². The summed E-state index contributed by atoms with van der Waals surface area (Å²) in [6.45, 7) is -0.358. The predicted octanol–water partition coefficient (Wildman–Crippen LogP) is 1.67. The fraction of sp³-hybridized carbons (Fsp3) is 0.125. The maximum atomic E-state index is 12.1. The standard InChI is InChI=1S/C16H16Cl2N4O6S2/c17-11-3-1-5-13(9-11)29(25,26)21-15(23)19-7-8-20-16(24)22-30(27,28)14-6-2-4-12(18)10-14/h1-6,9-10H,7-8H2,(H2,19,21,23)(H2,20,22,24). The molecule has 0 fully saturated rings. The zero-order valence-electron chi connectivity index (χ0n) is 15.1. The van der Waals surface area contributed by atoms with Crippen LogP contribution in [0.5, 0.6) is 0 Å². The van der Waals surface area contributed by atoms with E-state index in [-0.39, 0.29) is 32.9 Å². The number of carbonyl (C=O) groups is 2. The first-order valence-electron chi connectivity index (χ1n) is 8.12. The van der Waals surface area contributed by atoms with Gasteiger partial charge in [-0.2, -0.15) is 0 Å². The molecule has 0 aliphatic carbocycles. The highest BCUT2D eigenvalue weighted by Gasteiger charge is 2.19. The maximum absolute atomic E-state index is 12.1. The van der Waals surface area contributed by atoms with Crippen molar-refractivity contribution in [1.29, 1.82) is 0 Å². The Morgan fingerprint density at radius 1 is 0.700 bits per heavy atom. The van der Waals surface area contributed by atoms with Crippen LogP contribution in [-0.2, 0) is 20.0 Å². The number of sulfonamides is 2. The first kappa shape index (κ1) is 23.7. The van der Waals surface area contributed by atoms with E-state index in [4.69, 9.17) is 23.2 Å². The van der Waals surface area contributed by atoms with E-state index in [1.165, 1.54) is 48.5 Å². The molecule has 162 valence electrons. The second-order valence-electron chi connectivity index (χ2n) is 5.64. The number of benzene rings is 2. The Hall–Kier alpha value is -2.54. The Bertz CT molecular complexity index is 1060. The smallest absolute Gasteiger partial charge is 0.328 e. The number of halogens is 2. The number of carbonyl (C=O) groups excluding carboxylic acids is 2. The molecule has 30 heavy (non-hydrogen) atoms. The minimum atomic E-state index is -4.13. The van der Waals surface area contributed by atoms with Crippen molar-refractivity contribution in [3.05, 3.63) is 58.6 Å². The van der Waals surface area contributed by atoms with Crippen LogP contribution in [0.15, 0.2) is 58.3 Å². The third-order valence-electron chi connectivity index (χ3n) is 3.36. The largest absolute Gasteiger partial charge is 0.336 e. The van der Waals surface area contributed by atoms with Gasteiger partial charge in [-0.3, -0.25) is 0 Å². The Kier molecular flexibility index (Phi) is 7.89. The molecule has 0 spiro atoms. The molecular weight excluding hydrogens is 479 g/mol. The number of urea groups is 2. The first-order valence-corrected chi connectivity index (χ1v) is 11.8. The normalized spacial score (nSPS) is 11.4. The van der Waals surface area contributed by atoms with Gasteiger partial charge in [0, 0.05) is 23.1 Å². The molecule has 4 N–H and O–H groups in total. The van der Waals surface area contributed by atoms with E-state index in [2.05, 4.69) is 10.6 Å². The van der Waals surface area contributed by atoms with Gasteiger partial charge < -0.3 is 10.6 Å². The molecule has 2 aromatic carbocycles. The summed E-state index contributed by atoms with van der Waals surface area (Å²) in [5.74, 6) is 0. The van der Waals surface area contributed by atoms with Gasteiger partial charge in [-0.05, 0) is 36.4 Å². The van der Waals surface area contributed by atoms with E-state index in [1.54, 1.807) is 9.44 Å². The SMILES string of the molecule is O=C(NCCNC(=O)NS(=O)(=O)c1cccc(Cl)c1)NS(=O)(=O)c1cccc(Cl)c1. The molecular formula is C16H16Cl2N4O6S2. The number of rotatable bonds is 7. The first-order chi connectivity index (χ1) is 14.0. The number of nitrogens with one attached hydrogen (secondary N) is 4. The topological polar surface area (TPSA) is 151 Å². The summed E-state index contributed by atoms with van der Waals surface area (Å²) < 4.78 is 51.8. The molecule has 0 aromatic heterocycles. The predicted molar refractivity (Wildman–Crippen MR) is 110 cm³/mol. The summed E-state index contributed by atoms with van der Waals surface area (Å²) in [5, 5.41) is 4.78. The van der Waals surface area contributed by atoms with Crippen molar-refractivity contribution >= 4 is 55.3 Å². The Morgan fingerprint density at radius 3 is 1.40 bits per heavy atom. The fourth-order valence-corrected chi connectivity index (χ4v) is 4.51. The molecule has 2 aromatic rings. The Labute approximate surface area is 183 Å². The van der Waals surface area contributed by atoms with Gasteiger partial charge in [0.25, 0.3) is 20.0 Å². The summed E-state index contributed by atoms with van der Waals surface area (Å²) >= 11 is 11.4. The van der Waals surface area contributed by atoms with Gasteiger partial charge in [0.15, 0.2) is 0 Å². The second-order valence-corrected chi connectivity index (χ2v) is 9.88. The molecule has 0 heterocycles. The van der Waals surface area contributed by atoms with Crippen molar-refractivity contribution in [3.8, 4) is 0 Å². The summed E-state index contributed by atoms with van der Waals surface area (Å²) in [5.41, 5.74) is 0. The van der Waals surface area contributed by atoms with Crippen LogP contribution in [0.2, 0.25) is 10.0 Å². The highest BCUT2D eigenvalue weighted by atomic mass is 35.5. The molecule has 0 saturated heterocycles. The summed E-state index contributed by atoms with van der Waals surface area (Å²) in [6.07, 6.45) is 0. The Balaban J connectivity index is 1.79.